The van der Waals surface area contributed by atoms with E-state index in [2.05, 4.69) is 11.9 Å². The first-order chi connectivity index (χ1) is 17.5. The summed E-state index contributed by atoms with van der Waals surface area (Å²) < 4.78 is 11.1. The minimum absolute atomic E-state index is 0.0359. The molecular weight excluding hydrogens is 456 g/mol. The predicted molar refractivity (Wildman–Crippen MR) is 137 cm³/mol. The molecule has 0 bridgehead atoms. The maximum atomic E-state index is 13.2. The monoisotopic (exact) mass is 486 g/mol. The van der Waals surface area contributed by atoms with Crippen LogP contribution in [-0.4, -0.2) is 40.4 Å². The number of benzene rings is 2. The average molecular weight is 487 g/mol. The molecule has 0 aliphatic carbocycles. The number of unbranched alkanes of at least 4 members (excludes halogenated alkanes) is 2. The Bertz CT molecular complexity index is 1240. The van der Waals surface area contributed by atoms with Crippen LogP contribution in [0, 0.1) is 0 Å². The van der Waals surface area contributed by atoms with Crippen molar-refractivity contribution >= 4 is 17.4 Å². The van der Waals surface area contributed by atoms with Crippen molar-refractivity contribution in [1.29, 1.82) is 0 Å². The van der Waals surface area contributed by atoms with E-state index in [0.717, 1.165) is 24.8 Å². The number of nitrogens with zero attached hydrogens (tertiary/aromatic N) is 2. The van der Waals surface area contributed by atoms with Crippen molar-refractivity contribution in [2.75, 3.05) is 13.7 Å². The van der Waals surface area contributed by atoms with Gasteiger partial charge in [0.05, 0.1) is 25.3 Å². The summed E-state index contributed by atoms with van der Waals surface area (Å²) in [7, 11) is 1.55. The van der Waals surface area contributed by atoms with Crippen LogP contribution in [-0.2, 0) is 16.1 Å². The minimum Gasteiger partial charge on any atom is -0.507 e. The lowest BCUT2D eigenvalue weighted by Gasteiger charge is -2.25. The van der Waals surface area contributed by atoms with Gasteiger partial charge in [-0.3, -0.25) is 14.6 Å². The molecule has 1 saturated heterocycles. The molecule has 7 nitrogen and oxygen atoms in total. The van der Waals surface area contributed by atoms with Crippen LogP contribution < -0.4 is 9.47 Å². The molecule has 1 aliphatic rings. The molecule has 0 saturated carbocycles. The average Bonchev–Trinajstić information content (AvgIpc) is 3.16. The van der Waals surface area contributed by atoms with Crippen molar-refractivity contribution in [3.8, 4) is 11.5 Å². The van der Waals surface area contributed by atoms with Crippen LogP contribution in [0.1, 0.15) is 48.9 Å². The summed E-state index contributed by atoms with van der Waals surface area (Å²) in [6, 6.07) is 16.9. The van der Waals surface area contributed by atoms with Gasteiger partial charge in [0.1, 0.15) is 17.3 Å². The number of pyridine rings is 1. The lowest BCUT2D eigenvalue weighted by molar-refractivity contribution is -0.140. The Hall–Kier alpha value is -4.13. The highest BCUT2D eigenvalue weighted by Gasteiger charge is 2.46. The predicted octanol–water partition coefficient (Wildman–Crippen LogP) is 5.28. The van der Waals surface area contributed by atoms with Crippen LogP contribution >= 0.6 is 0 Å². The first-order valence-corrected chi connectivity index (χ1v) is 12.1. The highest BCUT2D eigenvalue weighted by Crippen LogP contribution is 2.41. The number of likely N-dealkylation sites (tertiary alicyclic amines) is 1. The number of aliphatic hydroxyl groups is 1. The second-order valence-electron chi connectivity index (χ2n) is 8.64. The van der Waals surface area contributed by atoms with E-state index < -0.39 is 17.7 Å². The summed E-state index contributed by atoms with van der Waals surface area (Å²) in [4.78, 5) is 32.0. The number of hydrogen-bond acceptors (Lipinski definition) is 6. The molecule has 1 atom stereocenters. The van der Waals surface area contributed by atoms with Crippen molar-refractivity contribution in [2.45, 2.75) is 38.8 Å². The second kappa shape index (κ2) is 11.5. The Labute approximate surface area is 211 Å². The summed E-state index contributed by atoms with van der Waals surface area (Å²) in [6.07, 6.45) is 6.49. The first kappa shape index (κ1) is 25.0. The number of carbonyl (C=O) groups is 2. The lowest BCUT2D eigenvalue weighted by atomic mass is 9.95. The third-order valence-corrected chi connectivity index (χ3v) is 6.17. The van der Waals surface area contributed by atoms with Gasteiger partial charge in [0.25, 0.3) is 11.7 Å². The Morgan fingerprint density at radius 2 is 1.83 bits per heavy atom. The molecule has 1 aliphatic heterocycles. The third-order valence-electron chi connectivity index (χ3n) is 6.17. The van der Waals surface area contributed by atoms with Gasteiger partial charge in [-0.25, -0.2) is 0 Å². The molecule has 1 N–H and O–H groups in total. The van der Waals surface area contributed by atoms with E-state index in [1.54, 1.807) is 68.0 Å². The number of Topliss-reactive ketones (excluding diaryl/α,β-unsaturated/α-hetero) is 1. The van der Waals surface area contributed by atoms with Gasteiger partial charge in [0.15, 0.2) is 0 Å². The number of methoxy groups -OCH3 is 1. The summed E-state index contributed by atoms with van der Waals surface area (Å²) in [5, 5.41) is 11.3. The number of aromatic nitrogens is 1. The topological polar surface area (TPSA) is 89.0 Å². The van der Waals surface area contributed by atoms with Gasteiger partial charge in [-0.05, 0) is 60.0 Å². The maximum absolute atomic E-state index is 13.2. The second-order valence-corrected chi connectivity index (χ2v) is 8.64. The standard InChI is InChI=1S/C29H30N2O5/c1-3-4-5-16-36-23-13-11-21(12-14-23)27(32)25-26(22-9-6-10-24(17-22)35-2)31(29(34)28(25)33)19-20-8-7-15-30-18-20/h6-15,17-18,26,32H,3-5,16,19H2,1-2H3/b27-25-. The zero-order valence-electron chi connectivity index (χ0n) is 20.5. The van der Waals surface area contributed by atoms with Gasteiger partial charge < -0.3 is 19.5 Å². The van der Waals surface area contributed by atoms with Gasteiger partial charge >= 0.3 is 0 Å². The molecule has 3 aromatic rings. The molecule has 2 heterocycles. The van der Waals surface area contributed by atoms with Gasteiger partial charge in [-0.2, -0.15) is 0 Å². The fourth-order valence-electron chi connectivity index (χ4n) is 4.30. The van der Waals surface area contributed by atoms with E-state index in [4.69, 9.17) is 9.47 Å². The van der Waals surface area contributed by atoms with Crippen molar-refractivity contribution in [3.63, 3.8) is 0 Å². The zero-order valence-corrected chi connectivity index (χ0v) is 20.5. The Morgan fingerprint density at radius 3 is 2.53 bits per heavy atom. The Balaban J connectivity index is 1.72. The molecule has 1 amide bonds. The van der Waals surface area contributed by atoms with Gasteiger partial charge in [0, 0.05) is 24.5 Å². The lowest BCUT2D eigenvalue weighted by Crippen LogP contribution is -2.29. The van der Waals surface area contributed by atoms with Crippen molar-refractivity contribution in [1.82, 2.24) is 9.88 Å². The molecule has 2 aromatic carbocycles. The summed E-state index contributed by atoms with van der Waals surface area (Å²) in [5.41, 5.74) is 1.91. The smallest absolute Gasteiger partial charge is 0.295 e. The molecule has 0 radical (unpaired) electrons. The summed E-state index contributed by atoms with van der Waals surface area (Å²) >= 11 is 0. The maximum Gasteiger partial charge on any atom is 0.295 e. The van der Waals surface area contributed by atoms with Crippen LogP contribution in [0.15, 0.2) is 78.6 Å². The first-order valence-electron chi connectivity index (χ1n) is 12.1. The number of hydrogen-bond donors (Lipinski definition) is 1. The fourth-order valence-corrected chi connectivity index (χ4v) is 4.30. The normalized spacial score (nSPS) is 16.8. The van der Waals surface area contributed by atoms with Crippen molar-refractivity contribution in [2.24, 2.45) is 0 Å². The van der Waals surface area contributed by atoms with Crippen LogP contribution in [0.3, 0.4) is 0 Å². The van der Waals surface area contributed by atoms with E-state index >= 15 is 0 Å². The molecular formula is C29H30N2O5. The summed E-state index contributed by atoms with van der Waals surface area (Å²) in [5.74, 6) is -0.367. The molecule has 186 valence electrons. The van der Waals surface area contributed by atoms with Gasteiger partial charge in [-0.15, -0.1) is 0 Å². The Kier molecular flexibility index (Phi) is 8.00. The van der Waals surface area contributed by atoms with Crippen LogP contribution in [0.25, 0.3) is 5.76 Å². The minimum atomic E-state index is -0.787. The highest BCUT2D eigenvalue weighted by molar-refractivity contribution is 6.46. The Morgan fingerprint density at radius 1 is 1.03 bits per heavy atom. The molecule has 1 aromatic heterocycles. The van der Waals surface area contributed by atoms with Crippen LogP contribution in [0.4, 0.5) is 0 Å². The molecule has 7 heteroatoms. The van der Waals surface area contributed by atoms with Gasteiger partial charge in [0.2, 0.25) is 0 Å². The molecule has 4 rings (SSSR count). The van der Waals surface area contributed by atoms with Crippen LogP contribution in [0.5, 0.6) is 11.5 Å². The van der Waals surface area contributed by atoms with Crippen molar-refractivity contribution < 1.29 is 24.2 Å². The molecule has 36 heavy (non-hydrogen) atoms. The van der Waals surface area contributed by atoms with Crippen LogP contribution in [0.2, 0.25) is 0 Å². The SMILES string of the molecule is CCCCCOc1ccc(/C(O)=C2/C(=O)C(=O)N(Cc3cccnc3)C2c2cccc(OC)c2)cc1. The molecule has 1 unspecified atom stereocenters. The number of ketones is 1. The van der Waals surface area contributed by atoms with E-state index in [1.165, 1.54) is 4.90 Å². The largest absolute Gasteiger partial charge is 0.507 e. The van der Waals surface area contributed by atoms with E-state index in [9.17, 15) is 14.7 Å². The van der Waals surface area contributed by atoms with Crippen molar-refractivity contribution in [3.05, 3.63) is 95.3 Å². The number of rotatable bonds is 10. The van der Waals surface area contributed by atoms with E-state index in [1.807, 2.05) is 12.1 Å². The molecule has 1 fully saturated rings. The fraction of sp³-hybridized carbons (Fsp3) is 0.276. The van der Waals surface area contributed by atoms with E-state index in [0.29, 0.717) is 29.2 Å². The van der Waals surface area contributed by atoms with Gasteiger partial charge in [-0.1, -0.05) is 38.0 Å². The quantitative estimate of drug-likeness (QED) is 0.182. The summed E-state index contributed by atoms with van der Waals surface area (Å²) in [6.45, 7) is 2.92. The number of carbonyl (C=O) groups excluding carboxylic acids is 2. The van der Waals surface area contributed by atoms with E-state index in [-0.39, 0.29) is 17.9 Å². The third kappa shape index (κ3) is 5.40. The number of aliphatic hydroxyl groups excluding tert-OH is 1. The zero-order chi connectivity index (χ0) is 25.5. The number of ether oxygens (including phenoxy) is 2. The number of amides is 1. The molecule has 0 spiro atoms. The highest BCUT2D eigenvalue weighted by atomic mass is 16.5.